The van der Waals surface area contributed by atoms with Gasteiger partial charge in [-0.2, -0.15) is 0 Å². The Morgan fingerprint density at radius 2 is 1.46 bits per heavy atom. The number of carbonyl (C=O) groups is 2. The van der Waals surface area contributed by atoms with Gasteiger partial charge < -0.3 is 10.6 Å². The van der Waals surface area contributed by atoms with Crippen LogP contribution >= 0.6 is 0 Å². The van der Waals surface area contributed by atoms with Crippen LogP contribution in [0, 0.1) is 5.92 Å². The molecule has 6 nitrogen and oxygen atoms in total. The highest BCUT2D eigenvalue weighted by Gasteiger charge is 2.29. The molecule has 0 bridgehead atoms. The van der Waals surface area contributed by atoms with Crippen LogP contribution in [0.5, 0.6) is 0 Å². The van der Waals surface area contributed by atoms with E-state index in [-0.39, 0.29) is 28.4 Å². The normalized spacial score (nSPS) is 13.9. The van der Waals surface area contributed by atoms with Crippen molar-refractivity contribution >= 4 is 33.0 Å². The molecule has 1 saturated carbocycles. The van der Waals surface area contributed by atoms with Gasteiger partial charge in [-0.3, -0.25) is 9.59 Å². The Morgan fingerprint density at radius 3 is 2.00 bits per heavy atom. The third-order valence-corrected chi connectivity index (χ3v) is 5.96. The predicted molar refractivity (Wildman–Crippen MR) is 99.9 cm³/mol. The van der Waals surface area contributed by atoms with Gasteiger partial charge in [-0.1, -0.05) is 6.92 Å². The fourth-order valence-electron chi connectivity index (χ4n) is 2.41. The van der Waals surface area contributed by atoms with E-state index in [1.165, 1.54) is 12.1 Å². The fourth-order valence-corrected chi connectivity index (χ4v) is 3.29. The minimum Gasteiger partial charge on any atom is -0.326 e. The Bertz CT molecular complexity index is 915. The first-order chi connectivity index (χ1) is 12.4. The van der Waals surface area contributed by atoms with Crippen LogP contribution in [0.15, 0.2) is 53.4 Å². The van der Waals surface area contributed by atoms with E-state index in [1.54, 1.807) is 43.3 Å². The lowest BCUT2D eigenvalue weighted by molar-refractivity contribution is -0.117. The number of rotatable bonds is 6. The second-order valence-corrected chi connectivity index (χ2v) is 8.50. The summed E-state index contributed by atoms with van der Waals surface area (Å²) >= 11 is 0. The summed E-state index contributed by atoms with van der Waals surface area (Å²) in [5.74, 6) is -0.138. The zero-order valence-corrected chi connectivity index (χ0v) is 15.2. The van der Waals surface area contributed by atoms with Gasteiger partial charge >= 0.3 is 0 Å². The summed E-state index contributed by atoms with van der Waals surface area (Å²) in [6, 6.07) is 12.7. The molecule has 0 spiro atoms. The number of nitrogens with one attached hydrogen (secondary N) is 2. The first kappa shape index (κ1) is 18.1. The van der Waals surface area contributed by atoms with E-state index < -0.39 is 9.84 Å². The number of sulfone groups is 1. The van der Waals surface area contributed by atoms with Crippen molar-refractivity contribution in [2.45, 2.75) is 24.7 Å². The van der Waals surface area contributed by atoms with Crippen molar-refractivity contribution in [3.63, 3.8) is 0 Å². The summed E-state index contributed by atoms with van der Waals surface area (Å²) in [6.45, 7) is 1.59. The second kappa shape index (κ2) is 7.29. The van der Waals surface area contributed by atoms with Crippen molar-refractivity contribution in [2.24, 2.45) is 5.92 Å². The standard InChI is InChI=1S/C19H20N2O4S/c1-2-26(24,25)17-11-9-16(10-12-17)21-19(23)14-5-7-15(8-6-14)20-18(22)13-3-4-13/h5-13H,2-4H2,1H3,(H,20,22)(H,21,23). The number of hydrogen-bond donors (Lipinski definition) is 2. The topological polar surface area (TPSA) is 92.3 Å². The third-order valence-electron chi connectivity index (χ3n) is 4.21. The molecule has 7 heteroatoms. The molecule has 0 aromatic heterocycles. The summed E-state index contributed by atoms with van der Waals surface area (Å²) in [5.41, 5.74) is 1.61. The van der Waals surface area contributed by atoms with Gasteiger partial charge in [0.25, 0.3) is 5.91 Å². The molecule has 136 valence electrons. The van der Waals surface area contributed by atoms with E-state index in [9.17, 15) is 18.0 Å². The Hall–Kier alpha value is -2.67. The quantitative estimate of drug-likeness (QED) is 0.815. The van der Waals surface area contributed by atoms with Crippen LogP contribution in [0.2, 0.25) is 0 Å². The lowest BCUT2D eigenvalue weighted by Gasteiger charge is -2.08. The van der Waals surface area contributed by atoms with E-state index in [0.717, 1.165) is 12.8 Å². The first-order valence-electron chi connectivity index (χ1n) is 8.44. The van der Waals surface area contributed by atoms with E-state index >= 15 is 0 Å². The highest BCUT2D eigenvalue weighted by atomic mass is 32.2. The highest BCUT2D eigenvalue weighted by Crippen LogP contribution is 2.30. The molecule has 0 atom stereocenters. The summed E-state index contributed by atoms with van der Waals surface area (Å²) in [7, 11) is -3.26. The van der Waals surface area contributed by atoms with E-state index in [4.69, 9.17) is 0 Å². The molecule has 1 aliphatic carbocycles. The Labute approximate surface area is 152 Å². The molecule has 26 heavy (non-hydrogen) atoms. The van der Waals surface area contributed by atoms with Gasteiger partial charge in [0.05, 0.1) is 10.6 Å². The molecule has 0 unspecified atom stereocenters. The largest absolute Gasteiger partial charge is 0.326 e. The number of carbonyl (C=O) groups excluding carboxylic acids is 2. The van der Waals surface area contributed by atoms with Crippen LogP contribution in [0.4, 0.5) is 11.4 Å². The summed E-state index contributed by atoms with van der Waals surface area (Å²) in [5, 5.41) is 5.54. The molecule has 3 rings (SSSR count). The Morgan fingerprint density at radius 1 is 0.923 bits per heavy atom. The molecule has 1 fully saturated rings. The van der Waals surface area contributed by atoms with E-state index in [1.807, 2.05) is 0 Å². The molecule has 0 saturated heterocycles. The van der Waals surface area contributed by atoms with Crippen molar-refractivity contribution in [2.75, 3.05) is 16.4 Å². The maximum absolute atomic E-state index is 12.3. The number of benzene rings is 2. The van der Waals surface area contributed by atoms with Gasteiger partial charge in [0, 0.05) is 22.9 Å². The molecule has 2 aromatic carbocycles. The van der Waals surface area contributed by atoms with Gasteiger partial charge in [-0.15, -0.1) is 0 Å². The lowest BCUT2D eigenvalue weighted by atomic mass is 10.2. The van der Waals surface area contributed by atoms with Gasteiger partial charge in [-0.05, 0) is 61.4 Å². The first-order valence-corrected chi connectivity index (χ1v) is 10.1. The smallest absolute Gasteiger partial charge is 0.255 e. The summed E-state index contributed by atoms with van der Waals surface area (Å²) in [4.78, 5) is 24.2. The van der Waals surface area contributed by atoms with Crippen molar-refractivity contribution in [1.82, 2.24) is 0 Å². The minimum atomic E-state index is -3.26. The minimum absolute atomic E-state index is 0.0179. The zero-order chi connectivity index (χ0) is 18.7. The molecular weight excluding hydrogens is 352 g/mol. The van der Waals surface area contributed by atoms with Crippen molar-refractivity contribution in [3.05, 3.63) is 54.1 Å². The van der Waals surface area contributed by atoms with Gasteiger partial charge in [-0.25, -0.2) is 8.42 Å². The SMILES string of the molecule is CCS(=O)(=O)c1ccc(NC(=O)c2ccc(NC(=O)C3CC3)cc2)cc1. The van der Waals surface area contributed by atoms with Crippen LogP contribution in [0.25, 0.3) is 0 Å². The fraction of sp³-hybridized carbons (Fsp3) is 0.263. The average Bonchev–Trinajstić information content (AvgIpc) is 3.48. The number of anilines is 2. The van der Waals surface area contributed by atoms with Crippen molar-refractivity contribution in [1.29, 1.82) is 0 Å². The maximum Gasteiger partial charge on any atom is 0.255 e. The van der Waals surface area contributed by atoms with Crippen LogP contribution < -0.4 is 10.6 Å². The van der Waals surface area contributed by atoms with Crippen LogP contribution in [0.3, 0.4) is 0 Å². The van der Waals surface area contributed by atoms with E-state index in [0.29, 0.717) is 16.9 Å². The third kappa shape index (κ3) is 4.29. The highest BCUT2D eigenvalue weighted by molar-refractivity contribution is 7.91. The second-order valence-electron chi connectivity index (χ2n) is 6.22. The molecule has 0 heterocycles. The molecule has 0 aliphatic heterocycles. The Kier molecular flexibility index (Phi) is 5.08. The molecular formula is C19H20N2O4S. The van der Waals surface area contributed by atoms with Crippen LogP contribution in [0.1, 0.15) is 30.1 Å². The average molecular weight is 372 g/mol. The van der Waals surface area contributed by atoms with Gasteiger partial charge in [0.15, 0.2) is 9.84 Å². The molecule has 0 radical (unpaired) electrons. The molecule has 2 N–H and O–H groups in total. The molecule has 1 aliphatic rings. The molecule has 2 aromatic rings. The van der Waals surface area contributed by atoms with Gasteiger partial charge in [0.1, 0.15) is 0 Å². The summed E-state index contributed by atoms with van der Waals surface area (Å²) in [6.07, 6.45) is 1.87. The summed E-state index contributed by atoms with van der Waals surface area (Å²) < 4.78 is 23.6. The van der Waals surface area contributed by atoms with Gasteiger partial charge in [0.2, 0.25) is 5.91 Å². The number of amides is 2. The van der Waals surface area contributed by atoms with Crippen LogP contribution in [-0.4, -0.2) is 26.0 Å². The monoisotopic (exact) mass is 372 g/mol. The zero-order valence-electron chi connectivity index (χ0n) is 14.4. The van der Waals surface area contributed by atoms with Crippen LogP contribution in [-0.2, 0) is 14.6 Å². The Balaban J connectivity index is 1.63. The number of hydrogen-bond acceptors (Lipinski definition) is 4. The predicted octanol–water partition coefficient (Wildman–Crippen LogP) is 3.08. The molecule has 2 amide bonds. The lowest BCUT2D eigenvalue weighted by Crippen LogP contribution is -2.14. The van der Waals surface area contributed by atoms with Crippen molar-refractivity contribution < 1.29 is 18.0 Å². The maximum atomic E-state index is 12.3. The van der Waals surface area contributed by atoms with E-state index in [2.05, 4.69) is 10.6 Å². The van der Waals surface area contributed by atoms with Crippen molar-refractivity contribution in [3.8, 4) is 0 Å².